The van der Waals surface area contributed by atoms with Crippen molar-refractivity contribution >= 4 is 11.8 Å². The number of carbonyl (C=O) groups is 2. The quantitative estimate of drug-likeness (QED) is 0.802. The van der Waals surface area contributed by atoms with Gasteiger partial charge in [0.2, 0.25) is 11.8 Å². The smallest absolute Gasteiger partial charge is 0.244 e. The molecule has 1 saturated heterocycles. The van der Waals surface area contributed by atoms with Gasteiger partial charge in [-0.1, -0.05) is 13.8 Å². The SMILES string of the molecule is CNC(C(=O)N1CCCC(CNC(=O)C(C)C)C1)c1cnn(C)c1. The molecule has 2 rings (SSSR count). The normalized spacial score (nSPS) is 19.4. The van der Waals surface area contributed by atoms with Gasteiger partial charge in [0, 0.05) is 44.4 Å². The van der Waals surface area contributed by atoms with E-state index in [1.807, 2.05) is 32.0 Å². The number of piperidine rings is 1. The first-order chi connectivity index (χ1) is 11.4. The van der Waals surface area contributed by atoms with Crippen molar-refractivity contribution in [1.82, 2.24) is 25.3 Å². The lowest BCUT2D eigenvalue weighted by atomic mass is 9.96. The van der Waals surface area contributed by atoms with Crippen molar-refractivity contribution in [2.75, 3.05) is 26.7 Å². The van der Waals surface area contributed by atoms with Gasteiger partial charge in [-0.15, -0.1) is 0 Å². The van der Waals surface area contributed by atoms with Crippen LogP contribution in [0.3, 0.4) is 0 Å². The second kappa shape index (κ2) is 8.28. The molecule has 7 heteroatoms. The van der Waals surface area contributed by atoms with Crippen molar-refractivity contribution in [2.45, 2.75) is 32.7 Å². The van der Waals surface area contributed by atoms with Gasteiger partial charge in [0.15, 0.2) is 0 Å². The summed E-state index contributed by atoms with van der Waals surface area (Å²) < 4.78 is 1.70. The minimum atomic E-state index is -0.372. The Bertz CT molecular complexity index is 569. The Morgan fingerprint density at radius 2 is 2.17 bits per heavy atom. The van der Waals surface area contributed by atoms with Gasteiger partial charge < -0.3 is 15.5 Å². The number of hydrogen-bond acceptors (Lipinski definition) is 4. The van der Waals surface area contributed by atoms with Crippen LogP contribution in [0.5, 0.6) is 0 Å². The molecule has 0 aliphatic carbocycles. The Labute approximate surface area is 143 Å². The molecule has 1 aliphatic heterocycles. The number of aromatic nitrogens is 2. The first kappa shape index (κ1) is 18.4. The maximum Gasteiger partial charge on any atom is 0.244 e. The van der Waals surface area contributed by atoms with Gasteiger partial charge in [0.1, 0.15) is 6.04 Å². The van der Waals surface area contributed by atoms with Crippen LogP contribution in [0, 0.1) is 11.8 Å². The van der Waals surface area contributed by atoms with E-state index in [-0.39, 0.29) is 23.8 Å². The highest BCUT2D eigenvalue weighted by Gasteiger charge is 2.30. The molecular weight excluding hydrogens is 306 g/mol. The van der Waals surface area contributed by atoms with Gasteiger partial charge in [0.05, 0.1) is 6.20 Å². The van der Waals surface area contributed by atoms with E-state index < -0.39 is 0 Å². The molecule has 2 unspecified atom stereocenters. The lowest BCUT2D eigenvalue weighted by Crippen LogP contribution is -2.47. The van der Waals surface area contributed by atoms with Crippen LogP contribution in [0.1, 0.15) is 38.3 Å². The number of nitrogens with one attached hydrogen (secondary N) is 2. The van der Waals surface area contributed by atoms with Gasteiger partial charge in [0.25, 0.3) is 0 Å². The summed E-state index contributed by atoms with van der Waals surface area (Å²) >= 11 is 0. The zero-order valence-corrected chi connectivity index (χ0v) is 15.1. The van der Waals surface area contributed by atoms with Gasteiger partial charge in [-0.3, -0.25) is 14.3 Å². The summed E-state index contributed by atoms with van der Waals surface area (Å²) in [4.78, 5) is 26.5. The van der Waals surface area contributed by atoms with E-state index >= 15 is 0 Å². The summed E-state index contributed by atoms with van der Waals surface area (Å²) in [5.41, 5.74) is 0.875. The Hall–Kier alpha value is -1.89. The molecule has 1 aromatic rings. The molecule has 1 aromatic heterocycles. The number of likely N-dealkylation sites (tertiary alicyclic amines) is 1. The second-order valence-electron chi connectivity index (χ2n) is 6.86. The van der Waals surface area contributed by atoms with E-state index in [0.717, 1.165) is 24.9 Å². The highest BCUT2D eigenvalue weighted by Crippen LogP contribution is 2.21. The van der Waals surface area contributed by atoms with Crippen LogP contribution in [-0.4, -0.2) is 53.2 Å². The van der Waals surface area contributed by atoms with Crippen molar-refractivity contribution in [3.05, 3.63) is 18.0 Å². The lowest BCUT2D eigenvalue weighted by Gasteiger charge is -2.35. The minimum absolute atomic E-state index is 0.00872. The number of aryl methyl sites for hydroxylation is 1. The number of nitrogens with zero attached hydrogens (tertiary/aromatic N) is 3. The Kier molecular flexibility index (Phi) is 6.36. The summed E-state index contributed by atoms with van der Waals surface area (Å²) in [7, 11) is 3.63. The highest BCUT2D eigenvalue weighted by atomic mass is 16.2. The third-order valence-electron chi connectivity index (χ3n) is 4.51. The van der Waals surface area contributed by atoms with Crippen LogP contribution in [0.2, 0.25) is 0 Å². The summed E-state index contributed by atoms with van der Waals surface area (Å²) in [6.07, 6.45) is 5.60. The first-order valence-electron chi connectivity index (χ1n) is 8.64. The van der Waals surface area contributed by atoms with Gasteiger partial charge in [-0.25, -0.2) is 0 Å². The van der Waals surface area contributed by atoms with Crippen molar-refractivity contribution in [3.63, 3.8) is 0 Å². The van der Waals surface area contributed by atoms with E-state index in [1.165, 1.54) is 0 Å². The van der Waals surface area contributed by atoms with Crippen molar-refractivity contribution in [1.29, 1.82) is 0 Å². The molecular formula is C17H29N5O2. The largest absolute Gasteiger partial charge is 0.356 e. The third-order valence-corrected chi connectivity index (χ3v) is 4.51. The van der Waals surface area contributed by atoms with Gasteiger partial charge in [-0.05, 0) is 25.8 Å². The van der Waals surface area contributed by atoms with Crippen LogP contribution in [0.15, 0.2) is 12.4 Å². The molecule has 0 bridgehead atoms. The Balaban J connectivity index is 1.95. The lowest BCUT2D eigenvalue weighted by molar-refractivity contribution is -0.135. The molecule has 2 amide bonds. The molecule has 1 aliphatic rings. The second-order valence-corrected chi connectivity index (χ2v) is 6.86. The molecule has 0 spiro atoms. The highest BCUT2D eigenvalue weighted by molar-refractivity contribution is 5.83. The van der Waals surface area contributed by atoms with E-state index in [0.29, 0.717) is 19.0 Å². The maximum atomic E-state index is 12.9. The number of rotatable bonds is 6. The Morgan fingerprint density at radius 1 is 1.42 bits per heavy atom. The predicted octanol–water partition coefficient (Wildman–Crippen LogP) is 0.691. The average molecular weight is 335 g/mol. The van der Waals surface area contributed by atoms with Crippen LogP contribution in [0.4, 0.5) is 0 Å². The van der Waals surface area contributed by atoms with Crippen LogP contribution < -0.4 is 10.6 Å². The minimum Gasteiger partial charge on any atom is -0.356 e. The summed E-state index contributed by atoms with van der Waals surface area (Å²) in [6.45, 7) is 5.87. The van der Waals surface area contributed by atoms with E-state index in [4.69, 9.17) is 0 Å². The fraction of sp³-hybridized carbons (Fsp3) is 0.706. The summed E-state index contributed by atoms with van der Waals surface area (Å²) in [5.74, 6) is 0.453. The Morgan fingerprint density at radius 3 is 2.75 bits per heavy atom. The zero-order valence-electron chi connectivity index (χ0n) is 15.1. The van der Waals surface area contributed by atoms with Crippen LogP contribution >= 0.6 is 0 Å². The van der Waals surface area contributed by atoms with E-state index in [1.54, 1.807) is 17.9 Å². The molecule has 7 nitrogen and oxygen atoms in total. The van der Waals surface area contributed by atoms with Crippen molar-refractivity contribution in [2.24, 2.45) is 18.9 Å². The molecule has 2 atom stereocenters. The number of likely N-dealkylation sites (N-methyl/N-ethyl adjacent to an activating group) is 1. The van der Waals surface area contributed by atoms with Gasteiger partial charge in [-0.2, -0.15) is 5.10 Å². The molecule has 2 N–H and O–H groups in total. The number of hydrogen-bond donors (Lipinski definition) is 2. The van der Waals surface area contributed by atoms with E-state index in [9.17, 15) is 9.59 Å². The fourth-order valence-electron chi connectivity index (χ4n) is 3.09. The summed E-state index contributed by atoms with van der Waals surface area (Å²) in [5, 5.41) is 10.2. The fourth-order valence-corrected chi connectivity index (χ4v) is 3.09. The average Bonchev–Trinajstić information content (AvgIpc) is 2.99. The molecule has 2 heterocycles. The third kappa shape index (κ3) is 4.56. The van der Waals surface area contributed by atoms with Gasteiger partial charge >= 0.3 is 0 Å². The molecule has 0 saturated carbocycles. The maximum absolute atomic E-state index is 12.9. The molecule has 24 heavy (non-hydrogen) atoms. The number of amides is 2. The number of carbonyl (C=O) groups excluding carboxylic acids is 2. The molecule has 0 radical (unpaired) electrons. The molecule has 0 aromatic carbocycles. The predicted molar refractivity (Wildman–Crippen MR) is 92.2 cm³/mol. The summed E-state index contributed by atoms with van der Waals surface area (Å²) in [6, 6.07) is -0.372. The van der Waals surface area contributed by atoms with Crippen molar-refractivity contribution in [3.8, 4) is 0 Å². The van der Waals surface area contributed by atoms with Crippen LogP contribution in [0.25, 0.3) is 0 Å². The van der Waals surface area contributed by atoms with Crippen molar-refractivity contribution < 1.29 is 9.59 Å². The first-order valence-corrected chi connectivity index (χ1v) is 8.64. The molecule has 1 fully saturated rings. The van der Waals surface area contributed by atoms with Crippen LogP contribution in [-0.2, 0) is 16.6 Å². The standard InChI is InChI=1S/C17H29N5O2/c1-12(2)16(23)19-8-13-6-5-7-22(10-13)17(24)15(18-3)14-9-20-21(4)11-14/h9,11-13,15,18H,5-8,10H2,1-4H3,(H,19,23). The topological polar surface area (TPSA) is 79.3 Å². The zero-order chi connectivity index (χ0) is 17.7. The monoisotopic (exact) mass is 335 g/mol. The molecule has 134 valence electrons. The van der Waals surface area contributed by atoms with E-state index in [2.05, 4.69) is 15.7 Å².